The van der Waals surface area contributed by atoms with E-state index in [0.717, 1.165) is 11.3 Å². The molecule has 1 rings (SSSR count). The lowest BCUT2D eigenvalue weighted by Gasteiger charge is -2.17. The standard InChI is InChI=1S/C9H13NO4S/c1-10(14-15(11)12)7-8-4-3-5-9(6-8)13-2/h3-6H,7H2,1-2H3,(H,11,12)/p-1. The topological polar surface area (TPSA) is 61.8 Å². The van der Waals surface area contributed by atoms with Gasteiger partial charge in [0, 0.05) is 7.05 Å². The van der Waals surface area contributed by atoms with Crippen molar-refractivity contribution in [2.24, 2.45) is 0 Å². The molecule has 1 unspecified atom stereocenters. The second-order valence-corrected chi connectivity index (χ2v) is 3.47. The number of hydrogen-bond donors (Lipinski definition) is 0. The third kappa shape index (κ3) is 4.39. The minimum atomic E-state index is -2.53. The molecule has 0 aliphatic heterocycles. The van der Waals surface area contributed by atoms with Gasteiger partial charge in [0.25, 0.3) is 0 Å². The fourth-order valence-corrected chi connectivity index (χ4v) is 1.42. The molecule has 84 valence electrons. The molecule has 5 nitrogen and oxygen atoms in total. The Labute approximate surface area is 91.1 Å². The number of hydrogen-bond acceptors (Lipinski definition) is 5. The molecule has 0 aromatic heterocycles. The summed E-state index contributed by atoms with van der Waals surface area (Å²) in [5.74, 6) is 0.726. The highest BCUT2D eigenvalue weighted by molar-refractivity contribution is 7.74. The van der Waals surface area contributed by atoms with Crippen LogP contribution in [0.2, 0.25) is 0 Å². The number of ether oxygens (including phenoxy) is 1. The highest BCUT2D eigenvalue weighted by Gasteiger charge is 2.02. The Morgan fingerprint density at radius 2 is 2.27 bits per heavy atom. The Bertz CT molecular complexity index is 345. The first-order valence-corrected chi connectivity index (χ1v) is 5.23. The molecule has 0 bridgehead atoms. The Morgan fingerprint density at radius 3 is 2.87 bits per heavy atom. The lowest BCUT2D eigenvalue weighted by Crippen LogP contribution is -2.19. The summed E-state index contributed by atoms with van der Waals surface area (Å²) in [4.78, 5) is 0. The van der Waals surface area contributed by atoms with Gasteiger partial charge in [0.2, 0.25) is 0 Å². The van der Waals surface area contributed by atoms with Gasteiger partial charge in [-0.05, 0) is 17.7 Å². The quantitative estimate of drug-likeness (QED) is 0.554. The molecule has 0 heterocycles. The van der Waals surface area contributed by atoms with Crippen molar-refractivity contribution in [1.82, 2.24) is 5.06 Å². The maximum absolute atomic E-state index is 10.2. The molecule has 0 saturated heterocycles. The largest absolute Gasteiger partial charge is 0.748 e. The lowest BCUT2D eigenvalue weighted by atomic mass is 10.2. The molecule has 15 heavy (non-hydrogen) atoms. The Balaban J connectivity index is 2.59. The van der Waals surface area contributed by atoms with Crippen molar-refractivity contribution in [1.29, 1.82) is 0 Å². The van der Waals surface area contributed by atoms with Gasteiger partial charge in [-0.3, -0.25) is 0 Å². The highest BCUT2D eigenvalue weighted by atomic mass is 32.2. The van der Waals surface area contributed by atoms with Crippen LogP contribution in [0.25, 0.3) is 0 Å². The number of benzene rings is 1. The minimum absolute atomic E-state index is 0.366. The molecule has 0 amide bonds. The predicted molar refractivity (Wildman–Crippen MR) is 54.5 cm³/mol. The SMILES string of the molecule is COc1cccc(CN(C)OS(=O)[O-])c1. The van der Waals surface area contributed by atoms with E-state index in [1.807, 2.05) is 24.3 Å². The van der Waals surface area contributed by atoms with Crippen LogP contribution in [0.5, 0.6) is 5.75 Å². The third-order valence-electron chi connectivity index (χ3n) is 1.73. The number of nitrogens with zero attached hydrogens (tertiary/aromatic N) is 1. The molecule has 0 aliphatic rings. The van der Waals surface area contributed by atoms with Crippen LogP contribution in [-0.4, -0.2) is 28.0 Å². The van der Waals surface area contributed by atoms with E-state index in [4.69, 9.17) is 4.74 Å². The summed E-state index contributed by atoms with van der Waals surface area (Å²) >= 11 is -2.53. The van der Waals surface area contributed by atoms with Gasteiger partial charge in [0.1, 0.15) is 17.1 Å². The van der Waals surface area contributed by atoms with E-state index >= 15 is 0 Å². The van der Waals surface area contributed by atoms with Gasteiger partial charge in [-0.1, -0.05) is 12.1 Å². The first-order chi connectivity index (χ1) is 7.11. The number of rotatable bonds is 5. The fraction of sp³-hybridized carbons (Fsp3) is 0.333. The molecular formula is C9H12NO4S-. The van der Waals surface area contributed by atoms with Crippen molar-refractivity contribution < 1.29 is 17.8 Å². The summed E-state index contributed by atoms with van der Waals surface area (Å²) in [5.41, 5.74) is 0.905. The summed E-state index contributed by atoms with van der Waals surface area (Å²) in [6.45, 7) is 0.366. The Hall–Kier alpha value is -0.950. The van der Waals surface area contributed by atoms with E-state index in [9.17, 15) is 8.76 Å². The number of methoxy groups -OCH3 is 1. The average Bonchev–Trinajstić information content (AvgIpc) is 2.16. The molecule has 6 heteroatoms. The molecule has 1 aromatic carbocycles. The summed E-state index contributed by atoms with van der Waals surface area (Å²) in [6.07, 6.45) is 0. The predicted octanol–water partition coefficient (Wildman–Crippen LogP) is 0.853. The number of hydroxylamine groups is 2. The summed E-state index contributed by atoms with van der Waals surface area (Å²) in [5, 5.41) is 1.22. The van der Waals surface area contributed by atoms with Crippen LogP contribution in [0.4, 0.5) is 0 Å². The smallest absolute Gasteiger partial charge is 0.119 e. The molecule has 0 fully saturated rings. The van der Waals surface area contributed by atoms with E-state index in [1.54, 1.807) is 7.11 Å². The van der Waals surface area contributed by atoms with Crippen molar-refractivity contribution in [3.8, 4) is 5.75 Å². The summed E-state index contributed by atoms with van der Waals surface area (Å²) < 4.78 is 29.9. The second-order valence-electron chi connectivity index (χ2n) is 2.92. The summed E-state index contributed by atoms with van der Waals surface area (Å²) in [7, 11) is 3.11. The zero-order valence-electron chi connectivity index (χ0n) is 8.50. The van der Waals surface area contributed by atoms with Gasteiger partial charge in [0.15, 0.2) is 0 Å². The van der Waals surface area contributed by atoms with Gasteiger partial charge >= 0.3 is 0 Å². The van der Waals surface area contributed by atoms with Crippen LogP contribution in [0.3, 0.4) is 0 Å². The maximum Gasteiger partial charge on any atom is 0.119 e. The first-order valence-electron chi connectivity index (χ1n) is 4.23. The van der Waals surface area contributed by atoms with E-state index in [0.29, 0.717) is 6.54 Å². The Morgan fingerprint density at radius 1 is 1.53 bits per heavy atom. The van der Waals surface area contributed by atoms with Crippen molar-refractivity contribution in [3.63, 3.8) is 0 Å². The highest BCUT2D eigenvalue weighted by Crippen LogP contribution is 2.13. The first kappa shape index (κ1) is 12.1. The molecule has 0 spiro atoms. The molecule has 0 aliphatic carbocycles. The van der Waals surface area contributed by atoms with E-state index in [-0.39, 0.29) is 0 Å². The van der Waals surface area contributed by atoms with Crippen molar-refractivity contribution >= 4 is 11.4 Å². The van der Waals surface area contributed by atoms with E-state index < -0.39 is 11.4 Å². The van der Waals surface area contributed by atoms with Crippen LogP contribution in [-0.2, 0) is 22.2 Å². The van der Waals surface area contributed by atoms with Crippen molar-refractivity contribution in [3.05, 3.63) is 29.8 Å². The molecular weight excluding hydrogens is 218 g/mol. The lowest BCUT2D eigenvalue weighted by molar-refractivity contribution is -0.0349. The van der Waals surface area contributed by atoms with Gasteiger partial charge in [-0.15, -0.1) is 0 Å². The molecule has 0 N–H and O–H groups in total. The molecule has 0 radical (unpaired) electrons. The third-order valence-corrected chi connectivity index (χ3v) is 2.10. The second kappa shape index (κ2) is 5.82. The minimum Gasteiger partial charge on any atom is -0.748 e. The van der Waals surface area contributed by atoms with Gasteiger partial charge in [0.05, 0.1) is 13.7 Å². The van der Waals surface area contributed by atoms with E-state index in [1.165, 1.54) is 12.1 Å². The maximum atomic E-state index is 10.2. The van der Waals surface area contributed by atoms with Gasteiger partial charge in [-0.25, -0.2) is 8.49 Å². The van der Waals surface area contributed by atoms with Crippen molar-refractivity contribution in [2.45, 2.75) is 6.54 Å². The average molecular weight is 230 g/mol. The van der Waals surface area contributed by atoms with Crippen LogP contribution < -0.4 is 4.74 Å². The van der Waals surface area contributed by atoms with Crippen molar-refractivity contribution in [2.75, 3.05) is 14.2 Å². The fourth-order valence-electron chi connectivity index (χ4n) is 1.16. The van der Waals surface area contributed by atoms with Gasteiger partial charge in [-0.2, -0.15) is 5.06 Å². The van der Waals surface area contributed by atoms with E-state index in [2.05, 4.69) is 4.28 Å². The normalized spacial score (nSPS) is 12.8. The zero-order chi connectivity index (χ0) is 11.3. The molecule has 1 aromatic rings. The monoisotopic (exact) mass is 230 g/mol. The van der Waals surface area contributed by atoms with Crippen LogP contribution in [0.1, 0.15) is 5.56 Å². The Kier molecular flexibility index (Phi) is 4.70. The zero-order valence-corrected chi connectivity index (χ0v) is 9.32. The van der Waals surface area contributed by atoms with Crippen LogP contribution >= 0.6 is 0 Å². The summed E-state index contributed by atoms with van der Waals surface area (Å²) in [6, 6.07) is 7.32. The van der Waals surface area contributed by atoms with Gasteiger partial charge < -0.3 is 9.29 Å². The molecule has 0 saturated carbocycles. The van der Waals surface area contributed by atoms with Crippen LogP contribution in [0, 0.1) is 0 Å². The molecule has 1 atom stereocenters. The van der Waals surface area contributed by atoms with Crippen LogP contribution in [0.15, 0.2) is 24.3 Å².